The summed E-state index contributed by atoms with van der Waals surface area (Å²) < 4.78 is 11.1. The largest absolute Gasteiger partial charge is 0.514 e. The Morgan fingerprint density at radius 1 is 1.05 bits per heavy atom. The Bertz CT molecular complexity index is 597. The Balaban J connectivity index is 2.00. The summed E-state index contributed by atoms with van der Waals surface area (Å²) in [7, 11) is 6.12. The van der Waals surface area contributed by atoms with Gasteiger partial charge in [-0.25, -0.2) is 4.79 Å². The van der Waals surface area contributed by atoms with Crippen molar-refractivity contribution >= 4 is 16.9 Å². The lowest BCUT2D eigenvalue weighted by atomic mass is 10.1. The number of hydrogen-bond donors (Lipinski definition) is 0. The molecule has 0 amide bonds. The van der Waals surface area contributed by atoms with Crippen LogP contribution in [0.15, 0.2) is 42.5 Å². The third-order valence-electron chi connectivity index (χ3n) is 2.92. The number of carbonyl (C=O) groups excluding carboxylic acids is 1. The van der Waals surface area contributed by atoms with Crippen molar-refractivity contribution in [2.24, 2.45) is 0 Å². The summed E-state index contributed by atoms with van der Waals surface area (Å²) in [6.45, 7) is 1.08. The molecule has 0 aliphatic heterocycles. The van der Waals surface area contributed by atoms with Crippen LogP contribution in [-0.4, -0.2) is 44.9 Å². The van der Waals surface area contributed by atoms with Gasteiger partial charge in [-0.2, -0.15) is 0 Å². The van der Waals surface area contributed by atoms with E-state index in [4.69, 9.17) is 9.47 Å². The van der Waals surface area contributed by atoms with Gasteiger partial charge < -0.3 is 14.0 Å². The number of nitrogens with zero attached hydrogens (tertiary/aromatic N) is 1. The van der Waals surface area contributed by atoms with Crippen LogP contribution in [0.25, 0.3) is 10.8 Å². The van der Waals surface area contributed by atoms with E-state index in [1.54, 1.807) is 6.07 Å². The van der Waals surface area contributed by atoms with Crippen LogP contribution in [0, 0.1) is 0 Å². The molecule has 0 saturated carbocycles. The molecule has 2 aromatic carbocycles. The van der Waals surface area contributed by atoms with Crippen molar-refractivity contribution in [2.45, 2.75) is 0 Å². The van der Waals surface area contributed by atoms with E-state index in [2.05, 4.69) is 0 Å². The Labute approximate surface area is 119 Å². The maximum atomic E-state index is 11.7. The molecule has 106 valence electrons. The first kappa shape index (κ1) is 14.3. The van der Waals surface area contributed by atoms with Gasteiger partial charge in [0.15, 0.2) is 0 Å². The molecule has 20 heavy (non-hydrogen) atoms. The number of hydrogen-bond acceptors (Lipinski definition) is 3. The molecule has 0 radical (unpaired) electrons. The van der Waals surface area contributed by atoms with Crippen LogP contribution in [0.3, 0.4) is 0 Å². The van der Waals surface area contributed by atoms with Gasteiger partial charge in [0, 0.05) is 5.39 Å². The lowest BCUT2D eigenvalue weighted by molar-refractivity contribution is -0.870. The zero-order valence-electron chi connectivity index (χ0n) is 12.1. The number of ether oxygens (including phenoxy) is 2. The van der Waals surface area contributed by atoms with Crippen molar-refractivity contribution in [3.63, 3.8) is 0 Å². The van der Waals surface area contributed by atoms with Gasteiger partial charge in [0.25, 0.3) is 0 Å². The van der Waals surface area contributed by atoms with Crippen LogP contribution in [0.4, 0.5) is 4.79 Å². The maximum Gasteiger partial charge on any atom is 0.514 e. The molecule has 0 saturated heterocycles. The van der Waals surface area contributed by atoms with E-state index in [1.807, 2.05) is 57.5 Å². The van der Waals surface area contributed by atoms with Gasteiger partial charge in [-0.05, 0) is 11.5 Å². The predicted molar refractivity (Wildman–Crippen MR) is 78.8 cm³/mol. The lowest BCUT2D eigenvalue weighted by Gasteiger charge is -2.23. The minimum atomic E-state index is -0.658. The zero-order chi connectivity index (χ0) is 14.6. The number of likely N-dealkylation sites (N-methyl/N-ethyl adjacent to an activating group) is 1. The minimum Gasteiger partial charge on any atom is -0.428 e. The highest BCUT2D eigenvalue weighted by Gasteiger charge is 2.12. The molecule has 0 N–H and O–H groups in total. The molecular formula is C16H20NO3+. The van der Waals surface area contributed by atoms with Crippen LogP contribution < -0.4 is 4.74 Å². The second-order valence-corrected chi connectivity index (χ2v) is 5.69. The molecule has 0 aliphatic carbocycles. The third kappa shape index (κ3) is 3.96. The SMILES string of the molecule is C[N+](C)(C)CCOC(=O)Oc1cccc2ccccc12. The molecule has 0 aromatic heterocycles. The van der Waals surface area contributed by atoms with Crippen LogP contribution in [0.1, 0.15) is 0 Å². The normalized spacial score (nSPS) is 11.3. The van der Waals surface area contributed by atoms with Crippen molar-refractivity contribution < 1.29 is 18.8 Å². The van der Waals surface area contributed by atoms with Crippen molar-refractivity contribution in [1.82, 2.24) is 0 Å². The van der Waals surface area contributed by atoms with Gasteiger partial charge in [-0.15, -0.1) is 0 Å². The fourth-order valence-electron chi connectivity index (χ4n) is 1.81. The fraction of sp³-hybridized carbons (Fsp3) is 0.312. The summed E-state index contributed by atoms with van der Waals surface area (Å²) in [5, 5.41) is 1.93. The highest BCUT2D eigenvalue weighted by molar-refractivity contribution is 5.89. The maximum absolute atomic E-state index is 11.7. The smallest absolute Gasteiger partial charge is 0.428 e. The number of rotatable bonds is 4. The molecule has 0 heterocycles. The van der Waals surface area contributed by atoms with Crippen LogP contribution in [0.2, 0.25) is 0 Å². The first-order chi connectivity index (χ1) is 9.46. The zero-order valence-corrected chi connectivity index (χ0v) is 12.1. The molecule has 4 heteroatoms. The van der Waals surface area contributed by atoms with E-state index < -0.39 is 6.16 Å². The van der Waals surface area contributed by atoms with Gasteiger partial charge in [0.2, 0.25) is 0 Å². The average Bonchev–Trinajstić information content (AvgIpc) is 2.37. The van der Waals surface area contributed by atoms with E-state index in [-0.39, 0.29) is 0 Å². The summed E-state index contributed by atoms with van der Waals surface area (Å²) in [4.78, 5) is 11.7. The van der Waals surface area contributed by atoms with Crippen molar-refractivity contribution in [1.29, 1.82) is 0 Å². The first-order valence-corrected chi connectivity index (χ1v) is 6.58. The average molecular weight is 274 g/mol. The second kappa shape index (κ2) is 5.92. The summed E-state index contributed by atoms with van der Waals surface area (Å²) in [6, 6.07) is 13.4. The van der Waals surface area contributed by atoms with Gasteiger partial charge in [-0.1, -0.05) is 36.4 Å². The van der Waals surface area contributed by atoms with E-state index in [1.165, 1.54) is 0 Å². The minimum absolute atomic E-state index is 0.340. The molecule has 0 aliphatic rings. The molecule has 0 unspecified atom stereocenters. The fourth-order valence-corrected chi connectivity index (χ4v) is 1.81. The van der Waals surface area contributed by atoms with Crippen molar-refractivity contribution in [3.05, 3.63) is 42.5 Å². The van der Waals surface area contributed by atoms with E-state index in [0.29, 0.717) is 12.4 Å². The monoisotopic (exact) mass is 274 g/mol. The quantitative estimate of drug-likeness (QED) is 0.488. The van der Waals surface area contributed by atoms with E-state index >= 15 is 0 Å². The highest BCUT2D eigenvalue weighted by Crippen LogP contribution is 2.25. The third-order valence-corrected chi connectivity index (χ3v) is 2.92. The molecule has 4 nitrogen and oxygen atoms in total. The van der Waals surface area contributed by atoms with E-state index in [9.17, 15) is 4.79 Å². The van der Waals surface area contributed by atoms with E-state index in [0.717, 1.165) is 21.8 Å². The number of benzene rings is 2. The molecule has 2 aromatic rings. The number of fused-ring (bicyclic) bond motifs is 1. The van der Waals surface area contributed by atoms with Gasteiger partial charge in [0.1, 0.15) is 18.9 Å². The number of carbonyl (C=O) groups is 1. The second-order valence-electron chi connectivity index (χ2n) is 5.69. The Kier molecular flexibility index (Phi) is 4.25. The Morgan fingerprint density at radius 3 is 2.50 bits per heavy atom. The van der Waals surface area contributed by atoms with Crippen LogP contribution >= 0.6 is 0 Å². The summed E-state index contributed by atoms with van der Waals surface area (Å²) >= 11 is 0. The molecule has 0 spiro atoms. The predicted octanol–water partition coefficient (Wildman–Crippen LogP) is 3.06. The standard InChI is InChI=1S/C16H20NO3/c1-17(2,3)11-12-19-16(18)20-15-10-6-8-13-7-4-5-9-14(13)15/h4-10H,11-12H2,1-3H3/q+1. The van der Waals surface area contributed by atoms with Gasteiger partial charge in [-0.3, -0.25) is 0 Å². The van der Waals surface area contributed by atoms with Gasteiger partial charge >= 0.3 is 6.16 Å². The summed E-state index contributed by atoms with van der Waals surface area (Å²) in [5.41, 5.74) is 0. The van der Waals surface area contributed by atoms with Gasteiger partial charge in [0.05, 0.1) is 21.1 Å². The van der Waals surface area contributed by atoms with Crippen molar-refractivity contribution in [3.8, 4) is 5.75 Å². The van der Waals surface area contributed by atoms with Crippen LogP contribution in [0.5, 0.6) is 5.75 Å². The summed E-state index contributed by atoms with van der Waals surface area (Å²) in [5.74, 6) is 0.526. The molecule has 2 rings (SSSR count). The molecule has 0 bridgehead atoms. The Hall–Kier alpha value is -2.07. The number of quaternary nitrogens is 1. The topological polar surface area (TPSA) is 35.5 Å². The highest BCUT2D eigenvalue weighted by atomic mass is 16.7. The first-order valence-electron chi connectivity index (χ1n) is 6.58. The molecule has 0 atom stereocenters. The molecular weight excluding hydrogens is 254 g/mol. The Morgan fingerprint density at radius 2 is 1.75 bits per heavy atom. The van der Waals surface area contributed by atoms with Crippen molar-refractivity contribution in [2.75, 3.05) is 34.3 Å². The lowest BCUT2D eigenvalue weighted by Crippen LogP contribution is -2.38. The summed E-state index contributed by atoms with van der Waals surface area (Å²) in [6.07, 6.45) is -0.658. The van der Waals surface area contributed by atoms with Crippen LogP contribution in [-0.2, 0) is 4.74 Å². The molecule has 0 fully saturated rings.